The number of nitrogens with one attached hydrogen (secondary N) is 2. The predicted octanol–water partition coefficient (Wildman–Crippen LogP) is 1.99. The van der Waals surface area contributed by atoms with E-state index >= 15 is 0 Å². The Morgan fingerprint density at radius 3 is 2.67 bits per heavy atom. The smallest absolute Gasteiger partial charge is 0.220 e. The minimum absolute atomic E-state index is 0.102. The number of carbonyl (C=O) groups is 1. The summed E-state index contributed by atoms with van der Waals surface area (Å²) in [6.07, 6.45) is 1.41. The van der Waals surface area contributed by atoms with Crippen LogP contribution < -0.4 is 14.8 Å². The van der Waals surface area contributed by atoms with Crippen LogP contribution in [0.3, 0.4) is 0 Å². The zero-order valence-electron chi connectivity index (χ0n) is 11.9. The summed E-state index contributed by atoms with van der Waals surface area (Å²) >= 11 is 5.39. The number of benzene rings is 1. The second kappa shape index (κ2) is 5.40. The lowest BCUT2D eigenvalue weighted by Crippen LogP contribution is -2.29. The van der Waals surface area contributed by atoms with E-state index in [0.717, 1.165) is 17.5 Å². The number of rotatable bonds is 4. The summed E-state index contributed by atoms with van der Waals surface area (Å²) in [5, 5.41) is 2.96. The van der Waals surface area contributed by atoms with E-state index in [4.69, 9.17) is 21.7 Å². The quantitative estimate of drug-likeness (QED) is 0.848. The van der Waals surface area contributed by atoms with Crippen LogP contribution in [0.15, 0.2) is 12.1 Å². The van der Waals surface area contributed by atoms with E-state index in [0.29, 0.717) is 29.2 Å². The molecule has 6 nitrogen and oxygen atoms in total. The van der Waals surface area contributed by atoms with Crippen molar-refractivity contribution in [3.8, 4) is 11.5 Å². The van der Waals surface area contributed by atoms with Gasteiger partial charge in [-0.1, -0.05) is 0 Å². The number of hydrogen-bond acceptors (Lipinski definition) is 4. The predicted molar refractivity (Wildman–Crippen MR) is 81.4 cm³/mol. The van der Waals surface area contributed by atoms with Crippen molar-refractivity contribution in [2.24, 2.45) is 0 Å². The molecule has 21 heavy (non-hydrogen) atoms. The average Bonchev–Trinajstić information content (AvgIpc) is 3.02. The van der Waals surface area contributed by atoms with E-state index in [9.17, 15) is 4.79 Å². The van der Waals surface area contributed by atoms with Gasteiger partial charge in [0, 0.05) is 31.1 Å². The van der Waals surface area contributed by atoms with Gasteiger partial charge in [0.05, 0.1) is 25.3 Å². The maximum Gasteiger partial charge on any atom is 0.220 e. The van der Waals surface area contributed by atoms with Gasteiger partial charge < -0.3 is 24.3 Å². The molecule has 1 aliphatic heterocycles. The molecule has 0 radical (unpaired) electrons. The molecule has 2 heterocycles. The normalized spacial score (nSPS) is 18.0. The number of ether oxygens (including phenoxy) is 2. The lowest BCUT2D eigenvalue weighted by atomic mass is 10.2. The van der Waals surface area contributed by atoms with Crippen molar-refractivity contribution in [3.63, 3.8) is 0 Å². The third-order valence-corrected chi connectivity index (χ3v) is 4.09. The number of hydrogen-bond donors (Lipinski definition) is 2. The van der Waals surface area contributed by atoms with Crippen molar-refractivity contribution in [2.45, 2.75) is 25.4 Å². The Balaban J connectivity index is 2.03. The van der Waals surface area contributed by atoms with E-state index in [2.05, 4.69) is 10.3 Å². The lowest BCUT2D eigenvalue weighted by Gasteiger charge is -2.13. The fraction of sp³-hybridized carbons (Fsp3) is 0.429. The Morgan fingerprint density at radius 1 is 1.33 bits per heavy atom. The van der Waals surface area contributed by atoms with E-state index in [1.807, 2.05) is 16.7 Å². The highest BCUT2D eigenvalue weighted by Crippen LogP contribution is 2.32. The Labute approximate surface area is 127 Å². The van der Waals surface area contributed by atoms with Gasteiger partial charge in [0.1, 0.15) is 0 Å². The second-order valence-corrected chi connectivity index (χ2v) is 5.45. The molecule has 1 amide bonds. The number of H-pyrrole nitrogens is 1. The van der Waals surface area contributed by atoms with Gasteiger partial charge in [-0.05, 0) is 18.6 Å². The molecule has 1 fully saturated rings. The summed E-state index contributed by atoms with van der Waals surface area (Å²) in [5.74, 6) is 1.41. The Bertz CT molecular complexity index is 750. The molecule has 0 spiro atoms. The highest BCUT2D eigenvalue weighted by molar-refractivity contribution is 7.71. The first kappa shape index (κ1) is 13.9. The van der Waals surface area contributed by atoms with E-state index in [1.54, 1.807) is 14.2 Å². The Morgan fingerprint density at radius 2 is 2.05 bits per heavy atom. The number of aromatic amines is 1. The zero-order valence-corrected chi connectivity index (χ0v) is 12.8. The fourth-order valence-electron chi connectivity index (χ4n) is 2.70. The number of carbonyl (C=O) groups excluding carboxylic acids is 1. The molecule has 1 saturated heterocycles. The second-order valence-electron chi connectivity index (χ2n) is 5.07. The molecule has 7 heteroatoms. The zero-order chi connectivity index (χ0) is 15.0. The van der Waals surface area contributed by atoms with E-state index in [1.165, 1.54) is 0 Å². The molecule has 1 aliphatic rings. The number of methoxy groups -OCH3 is 2. The Hall–Kier alpha value is -2.02. The van der Waals surface area contributed by atoms with Gasteiger partial charge >= 0.3 is 0 Å². The largest absolute Gasteiger partial charge is 0.493 e. The van der Waals surface area contributed by atoms with Gasteiger partial charge in [0.25, 0.3) is 0 Å². The van der Waals surface area contributed by atoms with Crippen LogP contribution in [0, 0.1) is 4.77 Å². The first-order chi connectivity index (χ1) is 10.1. The number of nitrogens with zero attached hydrogens (tertiary/aromatic N) is 1. The third-order valence-electron chi connectivity index (χ3n) is 3.77. The van der Waals surface area contributed by atoms with Crippen molar-refractivity contribution < 1.29 is 14.3 Å². The first-order valence-electron chi connectivity index (χ1n) is 6.76. The van der Waals surface area contributed by atoms with Crippen molar-refractivity contribution in [3.05, 3.63) is 16.9 Å². The van der Waals surface area contributed by atoms with Crippen LogP contribution in [-0.4, -0.2) is 35.7 Å². The van der Waals surface area contributed by atoms with Crippen LogP contribution in [0.5, 0.6) is 11.5 Å². The number of fused-ring (bicyclic) bond motifs is 1. The van der Waals surface area contributed by atoms with Crippen molar-refractivity contribution >= 4 is 29.2 Å². The molecule has 0 saturated carbocycles. The minimum atomic E-state index is 0.102. The van der Waals surface area contributed by atoms with Gasteiger partial charge in [0.15, 0.2) is 16.3 Å². The maximum atomic E-state index is 11.3. The van der Waals surface area contributed by atoms with Crippen LogP contribution in [0.2, 0.25) is 0 Å². The van der Waals surface area contributed by atoms with Gasteiger partial charge in [-0.2, -0.15) is 0 Å². The molecule has 3 rings (SSSR count). The van der Waals surface area contributed by atoms with E-state index in [-0.39, 0.29) is 11.9 Å². The summed E-state index contributed by atoms with van der Waals surface area (Å²) in [7, 11) is 3.20. The van der Waals surface area contributed by atoms with Crippen LogP contribution in [0.25, 0.3) is 11.0 Å². The third kappa shape index (κ3) is 2.49. The molecule has 1 aromatic carbocycles. The molecule has 2 N–H and O–H groups in total. The fourth-order valence-corrected chi connectivity index (χ4v) is 2.98. The van der Waals surface area contributed by atoms with Gasteiger partial charge in [0.2, 0.25) is 5.91 Å². The van der Waals surface area contributed by atoms with Gasteiger partial charge in [-0.15, -0.1) is 0 Å². The van der Waals surface area contributed by atoms with Crippen molar-refractivity contribution in [1.29, 1.82) is 0 Å². The molecule has 1 aromatic heterocycles. The SMILES string of the molecule is COc1cc2[nH]c(=S)n(CC3CCC(=O)N3)c2cc1OC. The van der Waals surface area contributed by atoms with Crippen LogP contribution in [0.1, 0.15) is 12.8 Å². The molecular formula is C14H17N3O3S. The topological polar surface area (TPSA) is 68.3 Å². The minimum Gasteiger partial charge on any atom is -0.493 e. The van der Waals surface area contributed by atoms with Crippen molar-refractivity contribution in [1.82, 2.24) is 14.9 Å². The molecule has 112 valence electrons. The standard InChI is InChI=1S/C14H17N3O3S/c1-19-11-5-9-10(6-12(11)20-2)17(14(21)16-9)7-8-3-4-13(18)15-8/h5-6,8H,3-4,7H2,1-2H3,(H,15,18)(H,16,21). The summed E-state index contributed by atoms with van der Waals surface area (Å²) in [5.41, 5.74) is 1.83. The van der Waals surface area contributed by atoms with Gasteiger partial charge in [-0.25, -0.2) is 0 Å². The van der Waals surface area contributed by atoms with Gasteiger partial charge in [-0.3, -0.25) is 4.79 Å². The van der Waals surface area contributed by atoms with E-state index < -0.39 is 0 Å². The maximum absolute atomic E-state index is 11.3. The van der Waals surface area contributed by atoms with Crippen LogP contribution >= 0.6 is 12.2 Å². The molecular weight excluding hydrogens is 290 g/mol. The Kier molecular flexibility index (Phi) is 3.59. The highest BCUT2D eigenvalue weighted by atomic mass is 32.1. The van der Waals surface area contributed by atoms with Crippen molar-refractivity contribution in [2.75, 3.05) is 14.2 Å². The molecule has 0 bridgehead atoms. The number of aromatic nitrogens is 2. The summed E-state index contributed by atoms with van der Waals surface area (Å²) < 4.78 is 13.3. The lowest BCUT2D eigenvalue weighted by molar-refractivity contribution is -0.119. The number of imidazole rings is 1. The van der Waals surface area contributed by atoms with Crippen LogP contribution in [0.4, 0.5) is 0 Å². The summed E-state index contributed by atoms with van der Waals surface area (Å²) in [6.45, 7) is 0.653. The van der Waals surface area contributed by atoms with Crippen LogP contribution in [-0.2, 0) is 11.3 Å². The highest BCUT2D eigenvalue weighted by Gasteiger charge is 2.22. The summed E-state index contributed by atoms with van der Waals surface area (Å²) in [4.78, 5) is 14.5. The summed E-state index contributed by atoms with van der Waals surface area (Å²) in [6, 6.07) is 3.89. The first-order valence-corrected chi connectivity index (χ1v) is 7.17. The number of amides is 1. The molecule has 2 aromatic rings. The average molecular weight is 307 g/mol. The molecule has 0 aliphatic carbocycles. The molecule has 1 unspecified atom stereocenters. The monoisotopic (exact) mass is 307 g/mol. The molecule has 1 atom stereocenters.